The predicted molar refractivity (Wildman–Crippen MR) is 83.6 cm³/mol. The summed E-state index contributed by atoms with van der Waals surface area (Å²) in [6.45, 7) is 3.48. The number of amides is 1. The van der Waals surface area contributed by atoms with Crippen molar-refractivity contribution in [3.63, 3.8) is 0 Å². The highest BCUT2D eigenvalue weighted by Gasteiger charge is 2.38. The number of nitrogens with two attached hydrogens (primary N) is 1. The van der Waals surface area contributed by atoms with Crippen LogP contribution in [-0.4, -0.2) is 30.6 Å². The van der Waals surface area contributed by atoms with Crippen molar-refractivity contribution < 1.29 is 9.53 Å². The maximum atomic E-state index is 12.4. The quantitative estimate of drug-likeness (QED) is 0.891. The van der Waals surface area contributed by atoms with Crippen LogP contribution in [0.2, 0.25) is 0 Å². The second kappa shape index (κ2) is 8.42. The number of carbonyl (C=O) groups is 1. The van der Waals surface area contributed by atoms with E-state index in [-0.39, 0.29) is 30.7 Å². The Morgan fingerprint density at radius 1 is 1.40 bits per heavy atom. The Balaban J connectivity index is 0.00000180. The van der Waals surface area contributed by atoms with Crippen LogP contribution in [0.3, 0.4) is 0 Å². The van der Waals surface area contributed by atoms with E-state index in [4.69, 9.17) is 10.5 Å². The van der Waals surface area contributed by atoms with Crippen LogP contribution in [0.25, 0.3) is 0 Å². The Morgan fingerprint density at radius 3 is 2.60 bits per heavy atom. The molecule has 1 aromatic rings. The van der Waals surface area contributed by atoms with Crippen molar-refractivity contribution >= 4 is 36.4 Å². The molecule has 0 bridgehead atoms. The number of pyridine rings is 1. The van der Waals surface area contributed by atoms with Crippen molar-refractivity contribution in [1.82, 2.24) is 4.98 Å². The van der Waals surface area contributed by atoms with E-state index in [0.717, 1.165) is 11.3 Å². The van der Waals surface area contributed by atoms with E-state index in [9.17, 15) is 4.79 Å². The molecule has 1 aromatic heterocycles. The molecule has 114 valence electrons. The minimum atomic E-state index is -0.498. The van der Waals surface area contributed by atoms with E-state index < -0.39 is 5.41 Å². The van der Waals surface area contributed by atoms with Crippen LogP contribution in [0, 0.1) is 12.3 Å². The molecule has 1 saturated heterocycles. The summed E-state index contributed by atoms with van der Waals surface area (Å²) in [4.78, 5) is 16.4. The van der Waals surface area contributed by atoms with Crippen molar-refractivity contribution in [2.75, 3.05) is 25.1 Å². The monoisotopic (exact) mass is 321 g/mol. The zero-order chi connectivity index (χ0) is 13.0. The summed E-state index contributed by atoms with van der Waals surface area (Å²) >= 11 is 0. The molecule has 0 aliphatic carbocycles. The summed E-state index contributed by atoms with van der Waals surface area (Å²) < 4.78 is 5.30. The van der Waals surface area contributed by atoms with E-state index >= 15 is 0 Å². The number of aromatic nitrogens is 1. The van der Waals surface area contributed by atoms with Gasteiger partial charge in [0.2, 0.25) is 5.91 Å². The maximum absolute atomic E-state index is 12.4. The van der Waals surface area contributed by atoms with E-state index in [0.29, 0.717) is 32.6 Å². The molecule has 3 N–H and O–H groups in total. The van der Waals surface area contributed by atoms with Crippen LogP contribution in [-0.2, 0) is 9.53 Å². The molecule has 1 aliphatic heterocycles. The number of hydrogen-bond donors (Lipinski definition) is 2. The number of nitrogens with zero attached hydrogens (tertiary/aromatic N) is 1. The first kappa shape index (κ1) is 19.1. The molecule has 1 fully saturated rings. The third-order valence-electron chi connectivity index (χ3n) is 3.46. The Morgan fingerprint density at radius 2 is 2.05 bits per heavy atom. The van der Waals surface area contributed by atoms with Gasteiger partial charge >= 0.3 is 0 Å². The molecule has 5 nitrogen and oxygen atoms in total. The average molecular weight is 322 g/mol. The zero-order valence-corrected chi connectivity index (χ0v) is 13.1. The predicted octanol–water partition coefficient (Wildman–Crippen LogP) is 1.93. The number of nitrogens with one attached hydrogen (secondary N) is 1. The number of aryl methyl sites for hydroxylation is 1. The first-order chi connectivity index (χ1) is 8.66. The van der Waals surface area contributed by atoms with Gasteiger partial charge in [-0.15, -0.1) is 24.8 Å². The van der Waals surface area contributed by atoms with E-state index in [1.54, 1.807) is 12.4 Å². The number of ether oxygens (including phenoxy) is 1. The molecule has 0 unspecified atom stereocenters. The molecular formula is C13H21Cl2N3O2. The Hall–Kier alpha value is -0.880. The van der Waals surface area contributed by atoms with Crippen LogP contribution >= 0.6 is 24.8 Å². The van der Waals surface area contributed by atoms with Gasteiger partial charge in [-0.05, 0) is 31.4 Å². The normalized spacial score (nSPS) is 16.5. The molecule has 0 radical (unpaired) electrons. The molecule has 0 spiro atoms. The van der Waals surface area contributed by atoms with Crippen LogP contribution in [0.5, 0.6) is 0 Å². The molecule has 0 saturated carbocycles. The number of anilines is 1. The zero-order valence-electron chi connectivity index (χ0n) is 11.4. The van der Waals surface area contributed by atoms with Gasteiger partial charge in [0.1, 0.15) is 0 Å². The summed E-state index contributed by atoms with van der Waals surface area (Å²) in [5.74, 6) is -0.0271. The molecule has 1 aliphatic rings. The SMILES string of the molecule is Cc1cncc(NC(=O)C2(CN)CCOCC2)c1.Cl.Cl. The first-order valence-electron chi connectivity index (χ1n) is 6.17. The van der Waals surface area contributed by atoms with Crippen molar-refractivity contribution in [3.8, 4) is 0 Å². The number of hydrogen-bond acceptors (Lipinski definition) is 4. The van der Waals surface area contributed by atoms with Gasteiger partial charge in [-0.3, -0.25) is 9.78 Å². The van der Waals surface area contributed by atoms with Crippen LogP contribution in [0.15, 0.2) is 18.5 Å². The van der Waals surface area contributed by atoms with E-state index in [2.05, 4.69) is 10.3 Å². The van der Waals surface area contributed by atoms with Gasteiger partial charge in [-0.25, -0.2) is 0 Å². The molecule has 7 heteroatoms. The highest BCUT2D eigenvalue weighted by molar-refractivity contribution is 5.95. The summed E-state index contributed by atoms with van der Waals surface area (Å²) in [7, 11) is 0. The van der Waals surface area contributed by atoms with Gasteiger partial charge in [0.15, 0.2) is 0 Å². The lowest BCUT2D eigenvalue weighted by atomic mass is 9.79. The standard InChI is InChI=1S/C13H19N3O2.2ClH/c1-10-6-11(8-15-7-10)16-12(17)13(9-14)2-4-18-5-3-13;;/h6-8H,2-5,9,14H2,1H3,(H,16,17);2*1H. The van der Waals surface area contributed by atoms with Crippen molar-refractivity contribution in [3.05, 3.63) is 24.0 Å². The molecule has 0 atom stereocenters. The van der Waals surface area contributed by atoms with E-state index in [1.165, 1.54) is 0 Å². The minimum absolute atomic E-state index is 0. The van der Waals surface area contributed by atoms with Crippen LogP contribution in [0.4, 0.5) is 5.69 Å². The van der Waals surface area contributed by atoms with Crippen molar-refractivity contribution in [1.29, 1.82) is 0 Å². The van der Waals surface area contributed by atoms with Gasteiger partial charge in [-0.1, -0.05) is 0 Å². The lowest BCUT2D eigenvalue weighted by Crippen LogP contribution is -2.46. The lowest BCUT2D eigenvalue weighted by Gasteiger charge is -2.34. The second-order valence-corrected chi connectivity index (χ2v) is 4.80. The van der Waals surface area contributed by atoms with Crippen LogP contribution in [0.1, 0.15) is 18.4 Å². The van der Waals surface area contributed by atoms with Crippen molar-refractivity contribution in [2.45, 2.75) is 19.8 Å². The molecule has 2 heterocycles. The molecule has 2 rings (SSSR count). The molecule has 1 amide bonds. The lowest BCUT2D eigenvalue weighted by molar-refractivity contribution is -0.130. The van der Waals surface area contributed by atoms with Gasteiger partial charge in [0, 0.05) is 26.0 Å². The smallest absolute Gasteiger partial charge is 0.232 e. The second-order valence-electron chi connectivity index (χ2n) is 4.80. The Bertz CT molecular complexity index is 437. The molecule has 20 heavy (non-hydrogen) atoms. The van der Waals surface area contributed by atoms with Gasteiger partial charge in [0.25, 0.3) is 0 Å². The fourth-order valence-corrected chi connectivity index (χ4v) is 2.17. The summed E-state index contributed by atoms with van der Waals surface area (Å²) in [5, 5.41) is 2.91. The fraction of sp³-hybridized carbons (Fsp3) is 0.538. The minimum Gasteiger partial charge on any atom is -0.381 e. The third-order valence-corrected chi connectivity index (χ3v) is 3.46. The highest BCUT2D eigenvalue weighted by atomic mass is 35.5. The molecular weight excluding hydrogens is 301 g/mol. The number of halogens is 2. The summed E-state index contributed by atoms with van der Waals surface area (Å²) in [5.41, 5.74) is 7.03. The number of rotatable bonds is 3. The highest BCUT2D eigenvalue weighted by Crippen LogP contribution is 2.30. The Kier molecular flexibility index (Phi) is 8.05. The fourth-order valence-electron chi connectivity index (χ4n) is 2.17. The third kappa shape index (κ3) is 4.31. The molecule has 0 aromatic carbocycles. The Labute approximate surface area is 131 Å². The topological polar surface area (TPSA) is 77.2 Å². The van der Waals surface area contributed by atoms with Crippen LogP contribution < -0.4 is 11.1 Å². The van der Waals surface area contributed by atoms with E-state index in [1.807, 2.05) is 13.0 Å². The largest absolute Gasteiger partial charge is 0.381 e. The summed E-state index contributed by atoms with van der Waals surface area (Å²) in [6.07, 6.45) is 4.75. The average Bonchev–Trinajstić information content (AvgIpc) is 2.39. The summed E-state index contributed by atoms with van der Waals surface area (Å²) in [6, 6.07) is 1.90. The first-order valence-corrected chi connectivity index (χ1v) is 6.17. The van der Waals surface area contributed by atoms with Gasteiger partial charge in [0.05, 0.1) is 17.3 Å². The number of carbonyl (C=O) groups excluding carboxylic acids is 1. The van der Waals surface area contributed by atoms with Gasteiger partial charge in [-0.2, -0.15) is 0 Å². The maximum Gasteiger partial charge on any atom is 0.232 e. The van der Waals surface area contributed by atoms with Crippen molar-refractivity contribution in [2.24, 2.45) is 11.1 Å². The van der Waals surface area contributed by atoms with Gasteiger partial charge < -0.3 is 15.8 Å².